The van der Waals surface area contributed by atoms with Crippen LogP contribution in [0.25, 0.3) is 0 Å². The summed E-state index contributed by atoms with van der Waals surface area (Å²) in [6.45, 7) is 4.41. The Morgan fingerprint density at radius 1 is 1.08 bits per heavy atom. The number of ether oxygens (including phenoxy) is 2. The fraction of sp³-hybridized carbons (Fsp3) is 0.316. The highest BCUT2D eigenvalue weighted by Gasteiger charge is 2.11. The Bertz CT molecular complexity index is 742. The van der Waals surface area contributed by atoms with Crippen molar-refractivity contribution in [2.45, 2.75) is 20.3 Å². The number of carbonyl (C=O) groups excluding carboxylic acids is 1. The summed E-state index contributed by atoms with van der Waals surface area (Å²) in [5.74, 6) is 1.09. The minimum Gasteiger partial charge on any atom is -0.495 e. The van der Waals surface area contributed by atoms with Crippen molar-refractivity contribution >= 4 is 28.9 Å². The Balaban J connectivity index is 1.97. The number of nitrogens with one attached hydrogen (secondary N) is 2. The predicted molar refractivity (Wildman–Crippen MR) is 102 cm³/mol. The zero-order valence-electron chi connectivity index (χ0n) is 14.9. The zero-order chi connectivity index (χ0) is 18.4. The second kappa shape index (κ2) is 8.62. The Hall–Kier alpha value is -2.40. The van der Waals surface area contributed by atoms with Crippen molar-refractivity contribution in [3.8, 4) is 11.5 Å². The van der Waals surface area contributed by atoms with Crippen molar-refractivity contribution < 1.29 is 14.3 Å². The lowest BCUT2D eigenvalue weighted by Crippen LogP contribution is -2.17. The van der Waals surface area contributed by atoms with Gasteiger partial charge in [-0.05, 0) is 25.0 Å². The van der Waals surface area contributed by atoms with Crippen molar-refractivity contribution in [1.29, 1.82) is 0 Å². The minimum absolute atomic E-state index is 0.0511. The first-order valence-electron chi connectivity index (χ1n) is 7.97. The van der Waals surface area contributed by atoms with Gasteiger partial charge in [-0.2, -0.15) is 0 Å². The van der Waals surface area contributed by atoms with Crippen LogP contribution in [0.4, 0.5) is 11.4 Å². The normalized spacial score (nSPS) is 10.3. The number of carbonyl (C=O) groups is 1. The highest BCUT2D eigenvalue weighted by molar-refractivity contribution is 6.32. The van der Waals surface area contributed by atoms with Gasteiger partial charge in [0.15, 0.2) is 0 Å². The van der Waals surface area contributed by atoms with Crippen LogP contribution >= 0.6 is 11.6 Å². The Kier molecular flexibility index (Phi) is 6.53. The monoisotopic (exact) mass is 362 g/mol. The fourth-order valence-electron chi connectivity index (χ4n) is 2.52. The molecule has 0 radical (unpaired) electrons. The van der Waals surface area contributed by atoms with E-state index in [4.69, 9.17) is 21.1 Å². The van der Waals surface area contributed by atoms with Gasteiger partial charge in [-0.25, -0.2) is 0 Å². The van der Waals surface area contributed by atoms with Crippen molar-refractivity contribution in [2.75, 3.05) is 31.4 Å². The third kappa shape index (κ3) is 4.79. The van der Waals surface area contributed by atoms with E-state index >= 15 is 0 Å². The summed E-state index contributed by atoms with van der Waals surface area (Å²) in [6.07, 6.45) is 0.321. The van der Waals surface area contributed by atoms with Gasteiger partial charge in [-0.3, -0.25) is 4.79 Å². The van der Waals surface area contributed by atoms with Gasteiger partial charge in [-0.15, -0.1) is 0 Å². The van der Waals surface area contributed by atoms with Crippen LogP contribution in [0.5, 0.6) is 11.5 Å². The van der Waals surface area contributed by atoms with Crippen LogP contribution in [0.2, 0.25) is 5.02 Å². The molecule has 1 amide bonds. The molecule has 0 atom stereocenters. The summed E-state index contributed by atoms with van der Waals surface area (Å²) < 4.78 is 10.5. The van der Waals surface area contributed by atoms with Crippen LogP contribution in [0.15, 0.2) is 30.3 Å². The number of hydrogen-bond acceptors (Lipinski definition) is 4. The van der Waals surface area contributed by atoms with E-state index in [1.54, 1.807) is 26.4 Å². The van der Waals surface area contributed by atoms with Gasteiger partial charge in [0.2, 0.25) is 5.91 Å². The first-order valence-corrected chi connectivity index (χ1v) is 8.35. The number of anilines is 2. The molecule has 25 heavy (non-hydrogen) atoms. The molecule has 0 aliphatic heterocycles. The quantitative estimate of drug-likeness (QED) is 0.765. The van der Waals surface area contributed by atoms with Crippen LogP contribution in [0.3, 0.4) is 0 Å². The Labute approximate surface area is 153 Å². The van der Waals surface area contributed by atoms with Gasteiger partial charge in [0, 0.05) is 30.8 Å². The molecule has 2 rings (SSSR count). The number of rotatable bonds is 7. The average Bonchev–Trinajstić information content (AvgIpc) is 2.59. The molecule has 0 spiro atoms. The van der Waals surface area contributed by atoms with Crippen LogP contribution in [0.1, 0.15) is 17.5 Å². The molecule has 2 N–H and O–H groups in total. The largest absolute Gasteiger partial charge is 0.495 e. The fourth-order valence-corrected chi connectivity index (χ4v) is 2.75. The first kappa shape index (κ1) is 18.9. The number of methoxy groups -OCH3 is 2. The average molecular weight is 363 g/mol. The van der Waals surface area contributed by atoms with Crippen LogP contribution in [0, 0.1) is 13.8 Å². The molecule has 2 aromatic carbocycles. The van der Waals surface area contributed by atoms with E-state index in [2.05, 4.69) is 10.6 Å². The molecule has 0 aliphatic rings. The number of aryl methyl sites for hydroxylation is 2. The lowest BCUT2D eigenvalue weighted by atomic mass is 10.1. The highest BCUT2D eigenvalue weighted by Crippen LogP contribution is 2.35. The maximum absolute atomic E-state index is 12.2. The van der Waals surface area contributed by atoms with Crippen molar-refractivity contribution in [1.82, 2.24) is 0 Å². The molecule has 0 aliphatic carbocycles. The van der Waals surface area contributed by atoms with E-state index in [0.29, 0.717) is 29.5 Å². The Morgan fingerprint density at radius 3 is 2.32 bits per heavy atom. The highest BCUT2D eigenvalue weighted by atomic mass is 35.5. The molecule has 0 heterocycles. The molecule has 0 bridgehead atoms. The van der Waals surface area contributed by atoms with Gasteiger partial charge in [0.25, 0.3) is 0 Å². The number of amides is 1. The van der Waals surface area contributed by atoms with E-state index in [1.807, 2.05) is 32.0 Å². The molecule has 134 valence electrons. The lowest BCUT2D eigenvalue weighted by molar-refractivity contribution is -0.115. The van der Waals surface area contributed by atoms with Crippen LogP contribution in [-0.4, -0.2) is 26.7 Å². The predicted octanol–water partition coefficient (Wildman–Crippen LogP) is 4.41. The van der Waals surface area contributed by atoms with Crippen molar-refractivity contribution in [2.24, 2.45) is 0 Å². The molecule has 0 fully saturated rings. The van der Waals surface area contributed by atoms with E-state index in [0.717, 1.165) is 22.5 Å². The maximum Gasteiger partial charge on any atom is 0.226 e. The minimum atomic E-state index is -0.0511. The summed E-state index contributed by atoms with van der Waals surface area (Å²) in [5.41, 5.74) is 3.69. The SMILES string of the molecule is COc1cc(NCCC(=O)Nc2c(C)cccc2C)c(OC)cc1Cl. The summed E-state index contributed by atoms with van der Waals surface area (Å²) >= 11 is 6.09. The topological polar surface area (TPSA) is 59.6 Å². The van der Waals surface area contributed by atoms with E-state index in [9.17, 15) is 4.79 Å². The lowest BCUT2D eigenvalue weighted by Gasteiger charge is -2.14. The molecule has 0 unspecified atom stereocenters. The summed E-state index contributed by atoms with van der Waals surface area (Å²) in [5, 5.41) is 6.63. The van der Waals surface area contributed by atoms with Gasteiger partial charge in [-0.1, -0.05) is 29.8 Å². The van der Waals surface area contributed by atoms with Gasteiger partial charge in [0.1, 0.15) is 11.5 Å². The number of halogens is 1. The maximum atomic E-state index is 12.2. The van der Waals surface area contributed by atoms with Crippen LogP contribution < -0.4 is 20.1 Å². The molecule has 0 saturated carbocycles. The van der Waals surface area contributed by atoms with Gasteiger partial charge in [0.05, 0.1) is 24.9 Å². The summed E-state index contributed by atoms with van der Waals surface area (Å²) in [6, 6.07) is 9.36. The third-order valence-corrected chi connectivity index (χ3v) is 4.18. The molecule has 6 heteroatoms. The standard InChI is InChI=1S/C19H23ClN2O3/c1-12-6-5-7-13(2)19(12)22-18(23)8-9-21-15-11-16(24-3)14(20)10-17(15)25-4/h5-7,10-11,21H,8-9H2,1-4H3,(H,22,23). The zero-order valence-corrected chi connectivity index (χ0v) is 15.7. The van der Waals surface area contributed by atoms with E-state index in [1.165, 1.54) is 0 Å². The molecule has 0 saturated heterocycles. The first-order chi connectivity index (χ1) is 12.0. The number of benzene rings is 2. The van der Waals surface area contributed by atoms with Gasteiger partial charge >= 0.3 is 0 Å². The van der Waals surface area contributed by atoms with Crippen molar-refractivity contribution in [3.63, 3.8) is 0 Å². The number of hydrogen-bond donors (Lipinski definition) is 2. The number of para-hydroxylation sites is 1. The molecular formula is C19H23ClN2O3. The van der Waals surface area contributed by atoms with Crippen LogP contribution in [-0.2, 0) is 4.79 Å². The van der Waals surface area contributed by atoms with E-state index in [-0.39, 0.29) is 5.91 Å². The Morgan fingerprint density at radius 2 is 1.72 bits per heavy atom. The molecule has 2 aromatic rings. The summed E-state index contributed by atoms with van der Waals surface area (Å²) in [7, 11) is 3.12. The smallest absolute Gasteiger partial charge is 0.226 e. The third-order valence-electron chi connectivity index (χ3n) is 3.89. The van der Waals surface area contributed by atoms with E-state index < -0.39 is 0 Å². The molecule has 5 nitrogen and oxygen atoms in total. The van der Waals surface area contributed by atoms with Gasteiger partial charge < -0.3 is 20.1 Å². The second-order valence-electron chi connectivity index (χ2n) is 5.68. The summed E-state index contributed by atoms with van der Waals surface area (Å²) in [4.78, 5) is 12.2. The molecular weight excluding hydrogens is 340 g/mol. The molecule has 0 aromatic heterocycles. The van der Waals surface area contributed by atoms with Crippen molar-refractivity contribution in [3.05, 3.63) is 46.5 Å². The second-order valence-corrected chi connectivity index (χ2v) is 6.09.